The Bertz CT molecular complexity index is 1360. The predicted molar refractivity (Wildman–Crippen MR) is 136 cm³/mol. The molecule has 0 radical (unpaired) electrons. The van der Waals surface area contributed by atoms with Crippen LogP contribution in [0.25, 0.3) is 10.8 Å². The van der Waals surface area contributed by atoms with E-state index in [1.807, 2.05) is 29.4 Å². The number of rotatable bonds is 5. The van der Waals surface area contributed by atoms with Crippen LogP contribution in [0.4, 0.5) is 5.69 Å². The number of pyridine rings is 1. The number of carbonyl (C=O) groups excluding carboxylic acids is 2. The highest BCUT2D eigenvalue weighted by molar-refractivity contribution is 6.08. The van der Waals surface area contributed by atoms with E-state index in [2.05, 4.69) is 39.7 Å². The fraction of sp³-hybridized carbons (Fsp3) is 0.286. The number of para-hydroxylation sites is 1. The quantitative estimate of drug-likeness (QED) is 0.461. The second-order valence-electron chi connectivity index (χ2n) is 9.18. The van der Waals surface area contributed by atoms with Gasteiger partial charge in [0.05, 0.1) is 11.3 Å². The summed E-state index contributed by atoms with van der Waals surface area (Å²) < 4.78 is 1.58. The van der Waals surface area contributed by atoms with Crippen molar-refractivity contribution in [3.63, 3.8) is 0 Å². The van der Waals surface area contributed by atoms with E-state index in [0.717, 1.165) is 32.2 Å². The molecule has 1 atom stereocenters. The molecule has 1 N–H and O–H groups in total. The summed E-state index contributed by atoms with van der Waals surface area (Å²) in [5.74, 6) is 0.150. The minimum atomic E-state index is -0.327. The minimum Gasteiger partial charge on any atom is -0.339 e. The second-order valence-corrected chi connectivity index (χ2v) is 9.18. The largest absolute Gasteiger partial charge is 0.339 e. The number of hydrogen-bond donors (Lipinski definition) is 1. The zero-order valence-electron chi connectivity index (χ0n) is 19.9. The lowest BCUT2D eigenvalue weighted by Gasteiger charge is -2.22. The molecule has 0 aliphatic carbocycles. The Hall–Kier alpha value is -4.00. The van der Waals surface area contributed by atoms with Crippen LogP contribution in [0, 0.1) is 5.92 Å². The number of anilines is 1. The molecule has 1 aliphatic rings. The lowest BCUT2D eigenvalue weighted by Crippen LogP contribution is -2.33. The van der Waals surface area contributed by atoms with Gasteiger partial charge in [-0.25, -0.2) is 0 Å². The zero-order valence-corrected chi connectivity index (χ0v) is 19.9. The van der Waals surface area contributed by atoms with E-state index in [1.54, 1.807) is 36.1 Å². The van der Waals surface area contributed by atoms with Crippen molar-refractivity contribution in [2.24, 2.45) is 13.0 Å². The monoisotopic (exact) mass is 467 g/mol. The number of amides is 2. The first-order valence-electron chi connectivity index (χ1n) is 12.1. The van der Waals surface area contributed by atoms with Gasteiger partial charge in [-0.05, 0) is 66.8 Å². The number of nitrogens with zero attached hydrogens (tertiary/aromatic N) is 4. The second kappa shape index (κ2) is 10.1. The van der Waals surface area contributed by atoms with Gasteiger partial charge < -0.3 is 10.2 Å². The molecule has 4 aromatic rings. The van der Waals surface area contributed by atoms with E-state index in [-0.39, 0.29) is 11.8 Å². The van der Waals surface area contributed by atoms with Crippen LogP contribution >= 0.6 is 0 Å². The highest BCUT2D eigenvalue weighted by Gasteiger charge is 2.24. The third kappa shape index (κ3) is 5.09. The zero-order chi connectivity index (χ0) is 24.2. The Balaban J connectivity index is 1.27. The van der Waals surface area contributed by atoms with Gasteiger partial charge in [0.2, 0.25) is 0 Å². The number of benzene rings is 2. The van der Waals surface area contributed by atoms with Gasteiger partial charge in [-0.15, -0.1) is 0 Å². The van der Waals surface area contributed by atoms with Gasteiger partial charge in [0.25, 0.3) is 11.8 Å². The van der Waals surface area contributed by atoms with Crippen molar-refractivity contribution in [1.29, 1.82) is 0 Å². The molecule has 35 heavy (non-hydrogen) atoms. The summed E-state index contributed by atoms with van der Waals surface area (Å²) >= 11 is 0. The highest BCUT2D eigenvalue weighted by Crippen LogP contribution is 2.27. The van der Waals surface area contributed by atoms with Gasteiger partial charge in [-0.2, -0.15) is 5.10 Å². The fourth-order valence-electron chi connectivity index (χ4n) is 4.92. The SMILES string of the molecule is Cn1ccc(C(=O)Nc2ccccc2C(=O)N2CCCC(Cc3cccc4cnccc34)CC2)n1. The van der Waals surface area contributed by atoms with E-state index in [1.165, 1.54) is 16.3 Å². The number of carbonyl (C=O) groups is 2. The fourth-order valence-corrected chi connectivity index (χ4v) is 4.92. The molecule has 3 heterocycles. The first kappa shape index (κ1) is 22.8. The maximum Gasteiger partial charge on any atom is 0.276 e. The number of fused-ring (bicyclic) bond motifs is 1. The Morgan fingerprint density at radius 1 is 1.03 bits per heavy atom. The lowest BCUT2D eigenvalue weighted by atomic mass is 9.90. The molecule has 7 heteroatoms. The number of aryl methyl sites for hydroxylation is 1. The average Bonchev–Trinajstić information content (AvgIpc) is 3.18. The van der Waals surface area contributed by atoms with Gasteiger partial charge in [-0.1, -0.05) is 30.3 Å². The topological polar surface area (TPSA) is 80.1 Å². The number of likely N-dealkylation sites (tertiary alicyclic amines) is 1. The number of nitrogens with one attached hydrogen (secondary N) is 1. The van der Waals surface area contributed by atoms with Crippen molar-refractivity contribution in [3.05, 3.63) is 90.0 Å². The molecule has 0 bridgehead atoms. The molecule has 1 fully saturated rings. The third-order valence-electron chi connectivity index (χ3n) is 6.77. The molecular formula is C28H29N5O2. The number of aromatic nitrogens is 3. The summed E-state index contributed by atoms with van der Waals surface area (Å²) in [5, 5.41) is 9.45. The first-order valence-corrected chi connectivity index (χ1v) is 12.1. The molecule has 5 rings (SSSR count). The standard InChI is InChI=1S/C28H29N5O2/c1-32-16-13-26(31-32)27(34)30-25-10-3-2-9-24(25)28(35)33-15-5-6-20(12-17-33)18-21-7-4-8-22-19-29-14-11-23(21)22/h2-4,7-11,13-14,16,19-20H,5-6,12,15,17-18H2,1H3,(H,30,34). The average molecular weight is 468 g/mol. The van der Waals surface area contributed by atoms with Crippen LogP contribution in [0.1, 0.15) is 45.7 Å². The van der Waals surface area contributed by atoms with E-state index < -0.39 is 0 Å². The Morgan fingerprint density at radius 2 is 1.91 bits per heavy atom. The van der Waals surface area contributed by atoms with E-state index >= 15 is 0 Å². The maximum atomic E-state index is 13.5. The summed E-state index contributed by atoms with van der Waals surface area (Å²) in [6.45, 7) is 1.43. The Kier molecular flexibility index (Phi) is 6.57. The van der Waals surface area contributed by atoms with Crippen molar-refractivity contribution >= 4 is 28.3 Å². The molecular weight excluding hydrogens is 438 g/mol. The Labute approximate surface area is 204 Å². The summed E-state index contributed by atoms with van der Waals surface area (Å²) in [4.78, 5) is 32.3. The van der Waals surface area contributed by atoms with Gasteiger partial charge in [0.15, 0.2) is 5.69 Å². The predicted octanol–water partition coefficient (Wildman–Crippen LogP) is 4.71. The van der Waals surface area contributed by atoms with E-state index in [0.29, 0.717) is 29.4 Å². The molecule has 0 spiro atoms. The van der Waals surface area contributed by atoms with Gasteiger partial charge in [0, 0.05) is 44.1 Å². The molecule has 178 valence electrons. The van der Waals surface area contributed by atoms with Crippen molar-refractivity contribution in [3.8, 4) is 0 Å². The van der Waals surface area contributed by atoms with E-state index in [4.69, 9.17) is 0 Å². The summed E-state index contributed by atoms with van der Waals surface area (Å²) in [6.07, 6.45) is 9.48. The molecule has 2 aromatic carbocycles. The van der Waals surface area contributed by atoms with Crippen molar-refractivity contribution in [2.75, 3.05) is 18.4 Å². The van der Waals surface area contributed by atoms with Gasteiger partial charge in [0.1, 0.15) is 0 Å². The molecule has 0 saturated carbocycles. The summed E-state index contributed by atoms with van der Waals surface area (Å²) in [7, 11) is 1.76. The minimum absolute atomic E-state index is 0.0428. The van der Waals surface area contributed by atoms with Gasteiger partial charge >= 0.3 is 0 Å². The normalized spacial score (nSPS) is 16.1. The smallest absolute Gasteiger partial charge is 0.276 e. The van der Waals surface area contributed by atoms with Crippen LogP contribution in [0.2, 0.25) is 0 Å². The van der Waals surface area contributed by atoms with Crippen LogP contribution < -0.4 is 5.32 Å². The summed E-state index contributed by atoms with van der Waals surface area (Å²) in [5.41, 5.74) is 2.68. The van der Waals surface area contributed by atoms with Crippen molar-refractivity contribution in [2.45, 2.75) is 25.7 Å². The van der Waals surface area contributed by atoms with Crippen molar-refractivity contribution < 1.29 is 9.59 Å². The molecule has 1 aliphatic heterocycles. The van der Waals surface area contributed by atoms with Gasteiger partial charge in [-0.3, -0.25) is 19.3 Å². The van der Waals surface area contributed by atoms with E-state index in [9.17, 15) is 9.59 Å². The van der Waals surface area contributed by atoms with Crippen LogP contribution in [0.15, 0.2) is 73.2 Å². The molecule has 1 saturated heterocycles. The lowest BCUT2D eigenvalue weighted by molar-refractivity contribution is 0.0761. The van der Waals surface area contributed by atoms with Crippen LogP contribution in [0.3, 0.4) is 0 Å². The Morgan fingerprint density at radius 3 is 2.77 bits per heavy atom. The molecule has 2 aromatic heterocycles. The molecule has 1 unspecified atom stereocenters. The number of hydrogen-bond acceptors (Lipinski definition) is 4. The highest BCUT2D eigenvalue weighted by atomic mass is 16.2. The molecule has 7 nitrogen and oxygen atoms in total. The maximum absolute atomic E-state index is 13.5. The van der Waals surface area contributed by atoms with Crippen molar-refractivity contribution in [1.82, 2.24) is 19.7 Å². The van der Waals surface area contributed by atoms with Crippen LogP contribution in [0.5, 0.6) is 0 Å². The van der Waals surface area contributed by atoms with Crippen LogP contribution in [-0.4, -0.2) is 44.6 Å². The summed E-state index contributed by atoms with van der Waals surface area (Å²) in [6, 6.07) is 17.4. The third-order valence-corrected chi connectivity index (χ3v) is 6.77. The molecule has 2 amide bonds. The van der Waals surface area contributed by atoms with Crippen LogP contribution in [-0.2, 0) is 13.5 Å². The first-order chi connectivity index (χ1) is 17.1.